The van der Waals surface area contributed by atoms with Gasteiger partial charge in [-0.15, -0.1) is 0 Å². The van der Waals surface area contributed by atoms with Crippen LogP contribution >= 0.6 is 0 Å². The molecule has 1 aromatic carbocycles. The fourth-order valence-corrected chi connectivity index (χ4v) is 2.31. The van der Waals surface area contributed by atoms with Crippen LogP contribution in [0.3, 0.4) is 0 Å². The zero-order chi connectivity index (χ0) is 15.9. The van der Waals surface area contributed by atoms with Gasteiger partial charge in [-0.1, -0.05) is 0 Å². The van der Waals surface area contributed by atoms with Crippen molar-refractivity contribution in [3.8, 4) is 0 Å². The molecule has 1 aliphatic heterocycles. The fraction of sp³-hybridized carbons (Fsp3) is 0.357. The lowest BCUT2D eigenvalue weighted by Gasteiger charge is -2.33. The minimum absolute atomic E-state index is 0.0195. The Bertz CT molecular complexity index is 693. The smallest absolute Gasteiger partial charge is 0.388 e. The lowest BCUT2D eigenvalue weighted by Crippen LogP contribution is -2.48. The number of pyridine rings is 1. The van der Waals surface area contributed by atoms with E-state index in [4.69, 9.17) is 4.84 Å². The van der Waals surface area contributed by atoms with Gasteiger partial charge in [0.05, 0.1) is 12.1 Å². The van der Waals surface area contributed by atoms with E-state index in [1.165, 1.54) is 23.4 Å². The molecule has 118 valence electrons. The standard InChI is InChI=1S/C14H13F3N2O3/c15-14(16,17)9-1-2-10-8(5-9)3-4-18-13(10)19-6-11(20)12(21)7-22-19/h1-5,11-12,20-21H,6-7H2/t11-,12+/m0/s1. The van der Waals surface area contributed by atoms with Crippen molar-refractivity contribution in [1.82, 2.24) is 4.98 Å². The number of hydrogen-bond acceptors (Lipinski definition) is 5. The molecule has 5 nitrogen and oxygen atoms in total. The summed E-state index contributed by atoms with van der Waals surface area (Å²) < 4.78 is 38.3. The highest BCUT2D eigenvalue weighted by Crippen LogP contribution is 2.34. The van der Waals surface area contributed by atoms with Gasteiger partial charge in [0.2, 0.25) is 0 Å². The predicted molar refractivity (Wildman–Crippen MR) is 72.1 cm³/mol. The highest BCUT2D eigenvalue weighted by molar-refractivity contribution is 5.92. The number of hydrogen-bond donors (Lipinski definition) is 2. The Kier molecular flexibility index (Phi) is 3.67. The second-order valence-electron chi connectivity index (χ2n) is 5.06. The minimum atomic E-state index is -4.42. The van der Waals surface area contributed by atoms with Crippen LogP contribution in [0.15, 0.2) is 30.5 Å². The number of benzene rings is 1. The van der Waals surface area contributed by atoms with Gasteiger partial charge in [0, 0.05) is 11.6 Å². The van der Waals surface area contributed by atoms with Crippen LogP contribution in [-0.4, -0.2) is 40.6 Å². The summed E-state index contributed by atoms with van der Waals surface area (Å²) in [5.41, 5.74) is -0.743. The Morgan fingerprint density at radius 3 is 2.64 bits per heavy atom. The first-order valence-electron chi connectivity index (χ1n) is 6.59. The van der Waals surface area contributed by atoms with E-state index in [0.717, 1.165) is 12.1 Å². The Morgan fingerprint density at radius 2 is 1.95 bits per heavy atom. The monoisotopic (exact) mass is 314 g/mol. The van der Waals surface area contributed by atoms with E-state index in [-0.39, 0.29) is 13.2 Å². The number of rotatable bonds is 1. The Morgan fingerprint density at radius 1 is 1.18 bits per heavy atom. The molecule has 2 atom stereocenters. The van der Waals surface area contributed by atoms with Gasteiger partial charge >= 0.3 is 6.18 Å². The second kappa shape index (κ2) is 5.38. The molecule has 0 spiro atoms. The highest BCUT2D eigenvalue weighted by Gasteiger charge is 2.32. The minimum Gasteiger partial charge on any atom is -0.388 e. The lowest BCUT2D eigenvalue weighted by atomic mass is 10.1. The Balaban J connectivity index is 2.01. The molecule has 1 aliphatic rings. The van der Waals surface area contributed by atoms with Gasteiger partial charge in [-0.05, 0) is 29.7 Å². The zero-order valence-electron chi connectivity index (χ0n) is 11.3. The van der Waals surface area contributed by atoms with Crippen LogP contribution in [0, 0.1) is 0 Å². The summed E-state index contributed by atoms with van der Waals surface area (Å²) in [6.45, 7) is -0.131. The molecule has 1 aromatic heterocycles. The van der Waals surface area contributed by atoms with Crippen molar-refractivity contribution in [1.29, 1.82) is 0 Å². The summed E-state index contributed by atoms with van der Waals surface area (Å²) in [7, 11) is 0. The van der Waals surface area contributed by atoms with Crippen LogP contribution in [0.5, 0.6) is 0 Å². The van der Waals surface area contributed by atoms with Crippen LogP contribution in [0.25, 0.3) is 10.8 Å². The number of anilines is 1. The molecule has 0 aliphatic carbocycles. The number of β-amino-alcohol motifs (C(OH)–C–C–N with tert-alkyl or cyclic N) is 1. The maximum absolute atomic E-state index is 12.8. The van der Waals surface area contributed by atoms with E-state index in [2.05, 4.69) is 4.98 Å². The Hall–Kier alpha value is -1.90. The molecule has 2 heterocycles. The van der Waals surface area contributed by atoms with Gasteiger partial charge in [-0.2, -0.15) is 13.2 Å². The maximum atomic E-state index is 12.8. The van der Waals surface area contributed by atoms with Crippen LogP contribution in [0.1, 0.15) is 5.56 Å². The van der Waals surface area contributed by atoms with Crippen molar-refractivity contribution in [3.05, 3.63) is 36.0 Å². The summed E-state index contributed by atoms with van der Waals surface area (Å²) in [5.74, 6) is 0.303. The number of alkyl halides is 3. The largest absolute Gasteiger partial charge is 0.416 e. The van der Waals surface area contributed by atoms with Crippen molar-refractivity contribution >= 4 is 16.6 Å². The van der Waals surface area contributed by atoms with Crippen molar-refractivity contribution < 1.29 is 28.2 Å². The molecule has 1 fully saturated rings. The average Bonchev–Trinajstić information content (AvgIpc) is 2.48. The third-order valence-corrected chi connectivity index (χ3v) is 3.51. The zero-order valence-corrected chi connectivity index (χ0v) is 11.3. The van der Waals surface area contributed by atoms with Gasteiger partial charge < -0.3 is 10.2 Å². The molecular weight excluding hydrogens is 301 g/mol. The second-order valence-corrected chi connectivity index (χ2v) is 5.06. The van der Waals surface area contributed by atoms with Gasteiger partial charge in [0.1, 0.15) is 18.8 Å². The summed E-state index contributed by atoms with van der Waals surface area (Å²) in [4.78, 5) is 9.40. The molecule has 22 heavy (non-hydrogen) atoms. The molecule has 2 N–H and O–H groups in total. The van der Waals surface area contributed by atoms with Gasteiger partial charge in [-0.25, -0.2) is 10.0 Å². The number of aliphatic hydroxyl groups is 2. The number of halogens is 3. The van der Waals surface area contributed by atoms with E-state index in [9.17, 15) is 23.4 Å². The number of fused-ring (bicyclic) bond motifs is 1. The molecule has 8 heteroatoms. The van der Waals surface area contributed by atoms with Gasteiger partial charge in [-0.3, -0.25) is 4.84 Å². The Labute approximate surface area is 123 Å². The normalized spacial score (nSPS) is 23.0. The molecule has 0 bridgehead atoms. The number of aliphatic hydroxyl groups excluding tert-OH is 2. The molecular formula is C14H13F3N2O3. The molecule has 2 aromatic rings. The predicted octanol–water partition coefficient (Wildman–Crippen LogP) is 1.73. The van der Waals surface area contributed by atoms with E-state index < -0.39 is 23.9 Å². The summed E-state index contributed by atoms with van der Waals surface area (Å²) in [5, 5.41) is 21.2. The van der Waals surface area contributed by atoms with E-state index in [0.29, 0.717) is 16.6 Å². The van der Waals surface area contributed by atoms with E-state index >= 15 is 0 Å². The van der Waals surface area contributed by atoms with Gasteiger partial charge in [0.15, 0.2) is 5.82 Å². The highest BCUT2D eigenvalue weighted by atomic mass is 19.4. The molecule has 0 radical (unpaired) electrons. The molecule has 0 unspecified atom stereocenters. The van der Waals surface area contributed by atoms with Crippen molar-refractivity contribution in [2.75, 3.05) is 18.2 Å². The maximum Gasteiger partial charge on any atom is 0.416 e. The van der Waals surface area contributed by atoms with Crippen molar-refractivity contribution in [2.45, 2.75) is 18.4 Å². The van der Waals surface area contributed by atoms with Crippen molar-refractivity contribution in [2.24, 2.45) is 0 Å². The number of aromatic nitrogens is 1. The summed E-state index contributed by atoms with van der Waals surface area (Å²) in [6, 6.07) is 4.81. The first kappa shape index (κ1) is 15.0. The van der Waals surface area contributed by atoms with E-state index in [1.54, 1.807) is 0 Å². The summed E-state index contributed by atoms with van der Waals surface area (Å²) >= 11 is 0. The summed E-state index contributed by atoms with van der Waals surface area (Å²) in [6.07, 6.45) is -5.05. The average molecular weight is 314 g/mol. The van der Waals surface area contributed by atoms with Crippen molar-refractivity contribution in [3.63, 3.8) is 0 Å². The fourth-order valence-electron chi connectivity index (χ4n) is 2.31. The van der Waals surface area contributed by atoms with Crippen LogP contribution in [0.2, 0.25) is 0 Å². The van der Waals surface area contributed by atoms with Gasteiger partial charge in [0.25, 0.3) is 0 Å². The number of nitrogens with zero attached hydrogens (tertiary/aromatic N) is 2. The lowest BCUT2D eigenvalue weighted by molar-refractivity contribution is -0.137. The molecule has 0 amide bonds. The van der Waals surface area contributed by atoms with Crippen LogP contribution in [-0.2, 0) is 11.0 Å². The van der Waals surface area contributed by atoms with E-state index in [1.807, 2.05) is 0 Å². The quantitative estimate of drug-likeness (QED) is 0.839. The van der Waals surface area contributed by atoms with Crippen LogP contribution in [0.4, 0.5) is 19.0 Å². The van der Waals surface area contributed by atoms with Crippen LogP contribution < -0.4 is 5.06 Å². The molecule has 1 saturated heterocycles. The third kappa shape index (κ3) is 2.72. The number of hydroxylamine groups is 1. The SMILES string of the molecule is O[C@@H]1CON(c2nccc3cc(C(F)(F)F)ccc23)C[C@@H]1O. The first-order chi connectivity index (χ1) is 10.4. The topological polar surface area (TPSA) is 65.8 Å². The third-order valence-electron chi connectivity index (χ3n) is 3.51. The first-order valence-corrected chi connectivity index (χ1v) is 6.59. The molecule has 3 rings (SSSR count). The molecule has 0 saturated carbocycles.